The Bertz CT molecular complexity index is 1180. The molecule has 0 atom stereocenters. The number of furan rings is 1. The summed E-state index contributed by atoms with van der Waals surface area (Å²) in [6.45, 7) is -1.15. The standard InChI is InChI=1S/C19H21BN3O/c1-12-6-9-16(22(5)11-12)23-19-17(13(2)10-20(23)4)15-8-7-14(3)21-18(15)24-19/h6-11H,1-5H3/q+1/i1D3,2D3. The van der Waals surface area contributed by atoms with E-state index in [9.17, 15) is 0 Å². The third kappa shape index (κ3) is 2.15. The monoisotopic (exact) mass is 324 g/mol. The van der Waals surface area contributed by atoms with Crippen LogP contribution in [-0.4, -0.2) is 11.8 Å². The molecule has 3 aromatic rings. The van der Waals surface area contributed by atoms with Gasteiger partial charge in [0.15, 0.2) is 0 Å². The largest absolute Gasteiger partial charge is 0.406 e. The topological polar surface area (TPSA) is 33.2 Å². The normalized spacial score (nSPS) is 18.9. The highest BCUT2D eigenvalue weighted by Crippen LogP contribution is 2.42. The molecule has 0 fully saturated rings. The summed E-state index contributed by atoms with van der Waals surface area (Å²) in [7, 11) is 1.75. The number of rotatable bonds is 1. The second-order valence-corrected chi connectivity index (χ2v) is 6.17. The predicted octanol–water partition coefficient (Wildman–Crippen LogP) is 3.98. The molecule has 0 bridgehead atoms. The number of aromatic nitrogens is 2. The van der Waals surface area contributed by atoms with Gasteiger partial charge in [-0.3, -0.25) is 4.81 Å². The average molecular weight is 324 g/mol. The van der Waals surface area contributed by atoms with Crippen molar-refractivity contribution >= 4 is 35.2 Å². The van der Waals surface area contributed by atoms with Gasteiger partial charge >= 0.3 is 6.85 Å². The lowest BCUT2D eigenvalue weighted by molar-refractivity contribution is -0.658. The molecule has 0 radical (unpaired) electrons. The van der Waals surface area contributed by atoms with Gasteiger partial charge in [-0.2, -0.15) is 0 Å². The Morgan fingerprint density at radius 3 is 2.88 bits per heavy atom. The van der Waals surface area contributed by atoms with Crippen molar-refractivity contribution in [2.75, 3.05) is 4.81 Å². The molecule has 1 aliphatic heterocycles. The zero-order valence-electron chi connectivity index (χ0n) is 19.8. The lowest BCUT2D eigenvalue weighted by atomic mass is 9.59. The van der Waals surface area contributed by atoms with Gasteiger partial charge in [0.25, 0.3) is 11.7 Å². The van der Waals surface area contributed by atoms with Crippen LogP contribution in [0.1, 0.15) is 31.9 Å². The Labute approximate surface area is 151 Å². The van der Waals surface area contributed by atoms with E-state index in [-0.39, 0.29) is 18.0 Å². The maximum absolute atomic E-state index is 8.03. The van der Waals surface area contributed by atoms with Crippen molar-refractivity contribution in [3.05, 3.63) is 53.3 Å². The maximum atomic E-state index is 8.03. The molecule has 4 heterocycles. The first kappa shape index (κ1) is 9.67. The van der Waals surface area contributed by atoms with Crippen LogP contribution >= 0.6 is 0 Å². The van der Waals surface area contributed by atoms with E-state index < -0.39 is 13.7 Å². The smallest absolute Gasteiger partial charge is 0.404 e. The van der Waals surface area contributed by atoms with Crippen molar-refractivity contribution < 1.29 is 17.2 Å². The SMILES string of the molecule is [2H]C([2H])([2H])C1=CB(C)N(c2ccc(C([2H])([2H])[2H])c[n+]2C)c2oc3nc(C)ccc3c21. The lowest BCUT2D eigenvalue weighted by Gasteiger charge is -2.24. The predicted molar refractivity (Wildman–Crippen MR) is 98.5 cm³/mol. The van der Waals surface area contributed by atoms with Crippen LogP contribution in [0.5, 0.6) is 0 Å². The molecule has 5 heteroatoms. The molecule has 0 N–H and O–H groups in total. The van der Waals surface area contributed by atoms with Crippen LogP contribution in [0.2, 0.25) is 6.82 Å². The summed E-state index contributed by atoms with van der Waals surface area (Å²) in [5, 5.41) is 0.636. The van der Waals surface area contributed by atoms with E-state index in [1.54, 1.807) is 35.9 Å². The van der Waals surface area contributed by atoms with Crippen LogP contribution in [-0.2, 0) is 7.05 Å². The minimum absolute atomic E-state index is 0.222. The Morgan fingerprint density at radius 1 is 1.25 bits per heavy atom. The van der Waals surface area contributed by atoms with Gasteiger partial charge < -0.3 is 4.42 Å². The van der Waals surface area contributed by atoms with Gasteiger partial charge in [-0.15, -0.1) is 0 Å². The molecule has 0 amide bonds. The number of aryl methyl sites for hydroxylation is 3. The molecule has 0 saturated carbocycles. The summed E-state index contributed by atoms with van der Waals surface area (Å²) in [4.78, 5) is 6.30. The molecular weight excluding hydrogens is 297 g/mol. The highest BCUT2D eigenvalue weighted by Gasteiger charge is 2.39. The van der Waals surface area contributed by atoms with Gasteiger partial charge in [-0.1, -0.05) is 5.98 Å². The van der Waals surface area contributed by atoms with Crippen LogP contribution in [0.4, 0.5) is 11.7 Å². The van der Waals surface area contributed by atoms with E-state index in [1.165, 1.54) is 0 Å². The average Bonchev–Trinajstić information content (AvgIpc) is 2.97. The third-order valence-electron chi connectivity index (χ3n) is 4.33. The molecule has 3 aromatic heterocycles. The van der Waals surface area contributed by atoms with E-state index in [2.05, 4.69) is 4.98 Å². The Balaban J connectivity index is 1.96. The summed E-state index contributed by atoms with van der Waals surface area (Å²) < 4.78 is 54.8. The number of pyridine rings is 2. The van der Waals surface area contributed by atoms with Crippen LogP contribution < -0.4 is 9.38 Å². The molecule has 24 heavy (non-hydrogen) atoms. The minimum atomic E-state index is -2.32. The molecule has 1 aliphatic rings. The first-order chi connectivity index (χ1) is 13.9. The van der Waals surface area contributed by atoms with E-state index in [1.807, 2.05) is 30.7 Å². The fourth-order valence-corrected chi connectivity index (χ4v) is 3.24. The van der Waals surface area contributed by atoms with E-state index in [0.717, 1.165) is 5.69 Å². The summed E-state index contributed by atoms with van der Waals surface area (Å²) >= 11 is 0. The molecule has 0 aromatic carbocycles. The fraction of sp³-hybridized carbons (Fsp3) is 0.263. The number of nitrogens with zero attached hydrogens (tertiary/aromatic N) is 3. The molecule has 0 saturated heterocycles. The second-order valence-electron chi connectivity index (χ2n) is 6.17. The van der Waals surface area contributed by atoms with Crippen LogP contribution in [0.3, 0.4) is 0 Å². The van der Waals surface area contributed by atoms with Crippen molar-refractivity contribution in [3.8, 4) is 0 Å². The van der Waals surface area contributed by atoms with Crippen molar-refractivity contribution in [2.45, 2.75) is 27.5 Å². The summed E-state index contributed by atoms with van der Waals surface area (Å²) in [5.41, 5.74) is 2.08. The third-order valence-corrected chi connectivity index (χ3v) is 4.33. The van der Waals surface area contributed by atoms with E-state index in [4.69, 9.17) is 12.6 Å². The summed E-state index contributed by atoms with van der Waals surface area (Å²) in [6.07, 6.45) is 1.56. The molecule has 120 valence electrons. The molecule has 0 aliphatic carbocycles. The molecule has 0 unspecified atom stereocenters. The van der Waals surface area contributed by atoms with Crippen LogP contribution in [0.25, 0.3) is 16.7 Å². The highest BCUT2D eigenvalue weighted by molar-refractivity contribution is 6.70. The lowest BCUT2D eigenvalue weighted by Crippen LogP contribution is -2.43. The van der Waals surface area contributed by atoms with Crippen molar-refractivity contribution in [2.24, 2.45) is 7.05 Å². The van der Waals surface area contributed by atoms with Gasteiger partial charge in [0.1, 0.15) is 0 Å². The zero-order chi connectivity index (χ0) is 22.0. The maximum Gasteiger partial charge on any atom is 0.406 e. The van der Waals surface area contributed by atoms with Gasteiger partial charge in [-0.05, 0) is 56.8 Å². The van der Waals surface area contributed by atoms with Crippen LogP contribution in [0, 0.1) is 13.8 Å². The van der Waals surface area contributed by atoms with E-state index in [0.29, 0.717) is 28.4 Å². The van der Waals surface area contributed by atoms with Crippen molar-refractivity contribution in [1.29, 1.82) is 0 Å². The minimum Gasteiger partial charge on any atom is -0.404 e. The number of hydrogen-bond acceptors (Lipinski definition) is 3. The number of anilines is 2. The molecule has 0 spiro atoms. The summed E-state index contributed by atoms with van der Waals surface area (Å²) in [6, 6.07) is 6.92. The van der Waals surface area contributed by atoms with Gasteiger partial charge in [0.05, 0.1) is 24.2 Å². The first-order valence-electron chi connectivity index (χ1n) is 10.8. The fourth-order valence-electron chi connectivity index (χ4n) is 3.24. The Kier molecular flexibility index (Phi) is 2.11. The van der Waals surface area contributed by atoms with Crippen molar-refractivity contribution in [3.63, 3.8) is 0 Å². The first-order valence-corrected chi connectivity index (χ1v) is 7.80. The second kappa shape index (κ2) is 5.23. The Hall–Kier alpha value is -2.56. The highest BCUT2D eigenvalue weighted by atomic mass is 16.4. The van der Waals surface area contributed by atoms with Crippen LogP contribution in [0.15, 0.2) is 40.9 Å². The van der Waals surface area contributed by atoms with Crippen molar-refractivity contribution in [1.82, 2.24) is 4.98 Å². The molecule has 4 rings (SSSR count). The van der Waals surface area contributed by atoms with Gasteiger partial charge in [-0.25, -0.2) is 9.55 Å². The van der Waals surface area contributed by atoms with Gasteiger partial charge in [0.2, 0.25) is 5.71 Å². The zero-order valence-corrected chi connectivity index (χ0v) is 13.8. The quantitative estimate of drug-likeness (QED) is 0.501. The summed E-state index contributed by atoms with van der Waals surface area (Å²) in [5.74, 6) is 2.77. The number of allylic oxidation sites excluding steroid dienone is 1. The molecule has 4 nitrogen and oxygen atoms in total. The van der Waals surface area contributed by atoms with E-state index >= 15 is 0 Å². The Morgan fingerprint density at radius 2 is 2.12 bits per heavy atom. The van der Waals surface area contributed by atoms with Gasteiger partial charge in [0, 0.05) is 20.0 Å². The molecular formula is C19H21BN3O+. The number of fused-ring (bicyclic) bond motifs is 3. The number of hydrogen-bond donors (Lipinski definition) is 0.